The normalized spacial score (nSPS) is 14.7. The molecule has 0 aliphatic rings. The Morgan fingerprint density at radius 2 is 2.06 bits per heavy atom. The van der Waals surface area contributed by atoms with Gasteiger partial charge in [0.15, 0.2) is 0 Å². The summed E-state index contributed by atoms with van der Waals surface area (Å²) in [4.78, 5) is 4.50. The molecule has 2 aromatic rings. The molecule has 0 fully saturated rings. The van der Waals surface area contributed by atoms with Gasteiger partial charge in [0, 0.05) is 18.2 Å². The molecule has 3 nitrogen and oxygen atoms in total. The van der Waals surface area contributed by atoms with Crippen molar-refractivity contribution in [1.29, 1.82) is 0 Å². The molecule has 0 radical (unpaired) electrons. The van der Waals surface area contributed by atoms with Gasteiger partial charge in [-0.05, 0) is 37.1 Å². The molecule has 0 amide bonds. The highest BCUT2D eigenvalue weighted by Crippen LogP contribution is 2.25. The number of methoxy groups -OCH3 is 1. The van der Waals surface area contributed by atoms with Gasteiger partial charge in [-0.15, -0.1) is 0 Å². The highest BCUT2D eigenvalue weighted by Gasteiger charge is 2.25. The van der Waals surface area contributed by atoms with E-state index in [0.29, 0.717) is 6.61 Å². The van der Waals surface area contributed by atoms with Crippen LogP contribution in [0, 0.1) is 6.92 Å². The van der Waals surface area contributed by atoms with E-state index < -0.39 is 5.54 Å². The standard InChI is InChI=1S/C15H20N2O/c1-4-15(16,10-18-3)13-7-8-14-12(9-13)6-5-11(2)17-14/h5-9H,4,10,16H2,1-3H3. The van der Waals surface area contributed by atoms with E-state index in [2.05, 4.69) is 30.1 Å². The van der Waals surface area contributed by atoms with Crippen molar-refractivity contribution in [1.82, 2.24) is 4.98 Å². The summed E-state index contributed by atoms with van der Waals surface area (Å²) in [6.07, 6.45) is 0.839. The first-order valence-corrected chi connectivity index (χ1v) is 6.25. The van der Waals surface area contributed by atoms with Gasteiger partial charge in [-0.3, -0.25) is 4.98 Å². The Morgan fingerprint density at radius 3 is 2.72 bits per heavy atom. The Balaban J connectivity index is 2.49. The Hall–Kier alpha value is -1.45. The maximum Gasteiger partial charge on any atom is 0.0705 e. The maximum absolute atomic E-state index is 6.40. The third kappa shape index (κ3) is 2.37. The molecule has 0 aliphatic carbocycles. The highest BCUT2D eigenvalue weighted by atomic mass is 16.5. The average molecular weight is 244 g/mol. The summed E-state index contributed by atoms with van der Waals surface area (Å²) >= 11 is 0. The number of ether oxygens (including phenoxy) is 1. The molecule has 3 heteroatoms. The van der Waals surface area contributed by atoms with Gasteiger partial charge >= 0.3 is 0 Å². The Labute approximate surface area is 108 Å². The van der Waals surface area contributed by atoms with Crippen molar-refractivity contribution in [2.24, 2.45) is 5.73 Å². The van der Waals surface area contributed by atoms with Gasteiger partial charge < -0.3 is 10.5 Å². The van der Waals surface area contributed by atoms with Crippen molar-refractivity contribution in [2.45, 2.75) is 25.8 Å². The summed E-state index contributed by atoms with van der Waals surface area (Å²) in [5.74, 6) is 0. The van der Waals surface area contributed by atoms with E-state index in [-0.39, 0.29) is 0 Å². The van der Waals surface area contributed by atoms with Gasteiger partial charge in [0.1, 0.15) is 0 Å². The summed E-state index contributed by atoms with van der Waals surface area (Å²) in [5.41, 5.74) is 9.12. The summed E-state index contributed by atoms with van der Waals surface area (Å²) in [7, 11) is 1.68. The van der Waals surface area contributed by atoms with E-state index in [9.17, 15) is 0 Å². The fourth-order valence-electron chi connectivity index (χ4n) is 2.18. The number of nitrogens with two attached hydrogens (primary N) is 1. The zero-order valence-corrected chi connectivity index (χ0v) is 11.2. The second-order valence-electron chi connectivity index (χ2n) is 4.80. The zero-order valence-electron chi connectivity index (χ0n) is 11.2. The van der Waals surface area contributed by atoms with Gasteiger partial charge in [0.2, 0.25) is 0 Å². The van der Waals surface area contributed by atoms with Crippen molar-refractivity contribution >= 4 is 10.9 Å². The lowest BCUT2D eigenvalue weighted by molar-refractivity contribution is 0.129. The lowest BCUT2D eigenvalue weighted by Crippen LogP contribution is -2.40. The van der Waals surface area contributed by atoms with Crippen molar-refractivity contribution in [3.05, 3.63) is 41.6 Å². The zero-order chi connectivity index (χ0) is 13.2. The van der Waals surface area contributed by atoms with Gasteiger partial charge in [-0.25, -0.2) is 0 Å². The van der Waals surface area contributed by atoms with E-state index in [1.54, 1.807) is 7.11 Å². The Morgan fingerprint density at radius 1 is 1.28 bits per heavy atom. The van der Waals surface area contributed by atoms with Gasteiger partial charge in [0.05, 0.1) is 17.7 Å². The molecular formula is C15H20N2O. The smallest absolute Gasteiger partial charge is 0.0705 e. The molecule has 18 heavy (non-hydrogen) atoms. The van der Waals surface area contributed by atoms with Crippen LogP contribution in [0.1, 0.15) is 24.6 Å². The summed E-state index contributed by atoms with van der Waals surface area (Å²) in [5, 5.41) is 1.12. The third-order valence-corrected chi connectivity index (χ3v) is 3.44. The van der Waals surface area contributed by atoms with Crippen LogP contribution < -0.4 is 5.73 Å². The van der Waals surface area contributed by atoms with Crippen molar-refractivity contribution in [3.63, 3.8) is 0 Å². The van der Waals surface area contributed by atoms with Crippen LogP contribution in [0.25, 0.3) is 10.9 Å². The van der Waals surface area contributed by atoms with Crippen LogP contribution in [0.5, 0.6) is 0 Å². The number of pyridine rings is 1. The predicted molar refractivity (Wildman–Crippen MR) is 74.5 cm³/mol. The number of aryl methyl sites for hydroxylation is 1. The van der Waals surface area contributed by atoms with Crippen LogP contribution in [0.2, 0.25) is 0 Å². The Bertz CT molecular complexity index is 553. The molecular weight excluding hydrogens is 224 g/mol. The molecule has 1 aromatic carbocycles. The van der Waals surface area contributed by atoms with Crippen molar-refractivity contribution in [2.75, 3.05) is 13.7 Å². The van der Waals surface area contributed by atoms with Gasteiger partial charge in [0.25, 0.3) is 0 Å². The molecule has 1 unspecified atom stereocenters. The van der Waals surface area contributed by atoms with E-state index in [0.717, 1.165) is 28.6 Å². The van der Waals surface area contributed by atoms with Gasteiger partial charge in [-0.2, -0.15) is 0 Å². The SMILES string of the molecule is CCC(N)(COC)c1ccc2nc(C)ccc2c1. The van der Waals surface area contributed by atoms with E-state index in [1.807, 2.05) is 19.1 Å². The minimum absolute atomic E-state index is 0.423. The topological polar surface area (TPSA) is 48.1 Å². The number of rotatable bonds is 4. The van der Waals surface area contributed by atoms with E-state index >= 15 is 0 Å². The van der Waals surface area contributed by atoms with Crippen molar-refractivity contribution < 1.29 is 4.74 Å². The summed E-state index contributed by atoms with van der Waals surface area (Å²) in [6.45, 7) is 4.60. The average Bonchev–Trinajstić information content (AvgIpc) is 2.38. The quantitative estimate of drug-likeness (QED) is 0.899. The fraction of sp³-hybridized carbons (Fsp3) is 0.400. The molecule has 0 aliphatic heterocycles. The van der Waals surface area contributed by atoms with Crippen LogP contribution in [-0.4, -0.2) is 18.7 Å². The molecule has 1 aromatic heterocycles. The lowest BCUT2D eigenvalue weighted by Gasteiger charge is -2.28. The largest absolute Gasteiger partial charge is 0.382 e. The minimum Gasteiger partial charge on any atom is -0.382 e. The molecule has 1 heterocycles. The molecule has 2 rings (SSSR count). The second kappa shape index (κ2) is 5.04. The monoisotopic (exact) mass is 244 g/mol. The maximum atomic E-state index is 6.40. The number of aromatic nitrogens is 1. The number of fused-ring (bicyclic) bond motifs is 1. The highest BCUT2D eigenvalue weighted by molar-refractivity contribution is 5.79. The number of nitrogens with zero attached hydrogens (tertiary/aromatic N) is 1. The van der Waals surface area contributed by atoms with Crippen LogP contribution in [0.15, 0.2) is 30.3 Å². The van der Waals surface area contributed by atoms with Crippen LogP contribution in [-0.2, 0) is 10.3 Å². The molecule has 0 bridgehead atoms. The molecule has 2 N–H and O–H groups in total. The number of hydrogen-bond donors (Lipinski definition) is 1. The third-order valence-electron chi connectivity index (χ3n) is 3.44. The predicted octanol–water partition coefficient (Wildman–Crippen LogP) is 2.75. The van der Waals surface area contributed by atoms with Crippen LogP contribution in [0.4, 0.5) is 0 Å². The summed E-state index contributed by atoms with van der Waals surface area (Å²) < 4.78 is 5.24. The molecule has 0 saturated heterocycles. The summed E-state index contributed by atoms with van der Waals surface area (Å²) in [6, 6.07) is 10.3. The first-order valence-electron chi connectivity index (χ1n) is 6.25. The first-order chi connectivity index (χ1) is 8.59. The molecule has 1 atom stereocenters. The molecule has 0 saturated carbocycles. The van der Waals surface area contributed by atoms with E-state index in [1.165, 1.54) is 0 Å². The second-order valence-corrected chi connectivity index (χ2v) is 4.80. The first kappa shape index (κ1) is 13.0. The fourth-order valence-corrected chi connectivity index (χ4v) is 2.18. The molecule has 96 valence electrons. The van der Waals surface area contributed by atoms with E-state index in [4.69, 9.17) is 10.5 Å². The number of benzene rings is 1. The van der Waals surface area contributed by atoms with Gasteiger partial charge in [-0.1, -0.05) is 19.1 Å². The van der Waals surface area contributed by atoms with Crippen molar-refractivity contribution in [3.8, 4) is 0 Å². The van der Waals surface area contributed by atoms with Crippen LogP contribution >= 0.6 is 0 Å². The Kier molecular flexibility index (Phi) is 3.64. The lowest BCUT2D eigenvalue weighted by atomic mass is 9.88. The number of hydrogen-bond acceptors (Lipinski definition) is 3. The minimum atomic E-state index is -0.423. The molecule has 0 spiro atoms. The van der Waals surface area contributed by atoms with Crippen LogP contribution in [0.3, 0.4) is 0 Å².